The number of fused-ring (bicyclic) bond motifs is 3. The van der Waals surface area contributed by atoms with Crippen LogP contribution in [0.5, 0.6) is 0 Å². The second-order valence-corrected chi connectivity index (χ2v) is 25.6. The number of benzene rings is 3. The summed E-state index contributed by atoms with van der Waals surface area (Å²) < 4.78 is 7.58. The van der Waals surface area contributed by atoms with E-state index in [1.165, 1.54) is 11.1 Å². The molecular weight excluding hydrogens is 863 g/mol. The third kappa shape index (κ3) is 9.13. The fourth-order valence-corrected chi connectivity index (χ4v) is 9.60. The molecule has 0 bridgehead atoms. The SMILES string of the molecule is CC(C)C(C)c1ccnc(-c2[c-]cc3oc4nc(-c5ccccc5)ccc4c3c2)c1.CC(C)Cc1cc(-c2[c-]cccc2)nc[c]1[Ge]([CH3])([CH3])[CH3].[Ir]. The van der Waals surface area contributed by atoms with Crippen molar-refractivity contribution in [3.8, 4) is 33.8 Å². The van der Waals surface area contributed by atoms with E-state index in [0.29, 0.717) is 23.5 Å². The van der Waals surface area contributed by atoms with Gasteiger partial charge >= 0.3 is 126 Å². The minimum absolute atomic E-state index is 0. The maximum Gasteiger partial charge on any atom is 0 e. The molecule has 51 heavy (non-hydrogen) atoms. The molecule has 1 radical (unpaired) electrons. The summed E-state index contributed by atoms with van der Waals surface area (Å²) in [5.74, 6) is 9.05. The molecule has 4 heterocycles. The maximum atomic E-state index is 6.04. The molecule has 7 aromatic rings. The molecule has 1 unspecified atom stereocenters. The first kappa shape index (κ1) is 38.3. The van der Waals surface area contributed by atoms with Gasteiger partial charge in [0.2, 0.25) is 5.71 Å². The van der Waals surface area contributed by atoms with Crippen molar-refractivity contribution in [3.63, 3.8) is 0 Å². The molecule has 263 valence electrons. The normalized spacial score (nSPS) is 12.1. The van der Waals surface area contributed by atoms with Crippen LogP contribution >= 0.6 is 0 Å². The summed E-state index contributed by atoms with van der Waals surface area (Å²) in [6.45, 7) is 11.3. The molecule has 4 nitrogen and oxygen atoms in total. The van der Waals surface area contributed by atoms with Gasteiger partial charge in [-0.2, -0.15) is 0 Å². The molecule has 0 amide bonds. The number of furan rings is 1. The van der Waals surface area contributed by atoms with E-state index >= 15 is 0 Å². The maximum absolute atomic E-state index is 6.04. The van der Waals surface area contributed by atoms with E-state index in [1.807, 2.05) is 54.7 Å². The van der Waals surface area contributed by atoms with Crippen LogP contribution in [0.3, 0.4) is 0 Å². The Labute approximate surface area is 319 Å². The molecular formula is C45H47GeIrN3O-2. The molecule has 7 rings (SSSR count). The van der Waals surface area contributed by atoms with E-state index < -0.39 is 13.3 Å². The zero-order valence-electron chi connectivity index (χ0n) is 30.9. The van der Waals surface area contributed by atoms with E-state index in [-0.39, 0.29) is 20.1 Å². The second-order valence-electron chi connectivity index (χ2n) is 15.0. The molecule has 4 aromatic heterocycles. The number of hydrogen-bond acceptors (Lipinski definition) is 4. The zero-order valence-corrected chi connectivity index (χ0v) is 35.4. The number of hydrogen-bond donors (Lipinski definition) is 0. The van der Waals surface area contributed by atoms with Crippen molar-refractivity contribution in [1.29, 1.82) is 0 Å². The first-order valence-corrected chi connectivity index (χ1v) is 25.1. The molecule has 1 atom stereocenters. The van der Waals surface area contributed by atoms with Crippen LogP contribution in [0.4, 0.5) is 0 Å². The van der Waals surface area contributed by atoms with Gasteiger partial charge < -0.3 is 9.40 Å². The van der Waals surface area contributed by atoms with Gasteiger partial charge in [0.25, 0.3) is 0 Å². The van der Waals surface area contributed by atoms with Crippen molar-refractivity contribution < 1.29 is 24.5 Å². The van der Waals surface area contributed by atoms with Crippen molar-refractivity contribution in [2.24, 2.45) is 11.8 Å². The van der Waals surface area contributed by atoms with E-state index in [1.54, 1.807) is 4.40 Å². The standard InChI is InChI=1S/C27H23N2O.C18H24GeN.Ir/c1-17(2)18(3)20-13-14-28-25(16-20)21-9-12-26-23(15-21)22-10-11-24(29-27(22)30-26)19-7-5-4-6-8-19;1-14(2)11-16-12-18(15-9-7-6-8-10-15)20-13-17(16)19(3,4)5;/h4-8,10-18H,1-3H3;6-9,12-14H,11H2,1-5H3;/q2*-1;. The number of rotatable bonds is 8. The van der Waals surface area contributed by atoms with Gasteiger partial charge in [-0.15, -0.1) is 23.8 Å². The Hall–Kier alpha value is -3.90. The summed E-state index contributed by atoms with van der Waals surface area (Å²) in [5, 5.41) is 2.04. The summed E-state index contributed by atoms with van der Waals surface area (Å²) >= 11 is -1.86. The van der Waals surface area contributed by atoms with Gasteiger partial charge in [0.1, 0.15) is 0 Å². The first-order chi connectivity index (χ1) is 24.0. The molecule has 0 spiro atoms. The number of nitrogens with zero attached hydrogens (tertiary/aromatic N) is 3. The molecule has 0 saturated carbocycles. The predicted octanol–water partition coefficient (Wildman–Crippen LogP) is 11.6. The Balaban J connectivity index is 0.000000211. The Morgan fingerprint density at radius 2 is 1.47 bits per heavy atom. The van der Waals surface area contributed by atoms with Crippen LogP contribution in [0.1, 0.15) is 51.7 Å². The molecule has 0 saturated heterocycles. The van der Waals surface area contributed by atoms with Gasteiger partial charge in [-0.05, 0) is 35.7 Å². The van der Waals surface area contributed by atoms with Gasteiger partial charge in [0, 0.05) is 37.3 Å². The molecule has 0 N–H and O–H groups in total. The van der Waals surface area contributed by atoms with Gasteiger partial charge in [0.05, 0.1) is 11.3 Å². The van der Waals surface area contributed by atoms with Crippen LogP contribution in [0, 0.1) is 24.0 Å². The molecule has 0 aliphatic heterocycles. The minimum Gasteiger partial charge on any atom is 0 e. The van der Waals surface area contributed by atoms with Crippen molar-refractivity contribution in [1.82, 2.24) is 15.0 Å². The number of pyridine rings is 3. The van der Waals surface area contributed by atoms with E-state index in [2.05, 4.69) is 124 Å². The fraction of sp³-hybridized carbons (Fsp3) is 0.267. The number of aromatic nitrogens is 3. The van der Waals surface area contributed by atoms with Crippen LogP contribution in [0.2, 0.25) is 17.3 Å². The van der Waals surface area contributed by atoms with Crippen molar-refractivity contribution in [3.05, 3.63) is 133 Å². The fourth-order valence-electron chi connectivity index (χ4n) is 6.26. The van der Waals surface area contributed by atoms with Crippen molar-refractivity contribution >= 4 is 39.7 Å². The third-order valence-corrected chi connectivity index (χ3v) is 13.7. The molecule has 0 aliphatic carbocycles. The van der Waals surface area contributed by atoms with E-state index in [9.17, 15) is 0 Å². The Morgan fingerprint density at radius 3 is 2.16 bits per heavy atom. The zero-order chi connectivity index (χ0) is 35.4. The van der Waals surface area contributed by atoms with Gasteiger partial charge in [0.15, 0.2) is 0 Å². The Kier molecular flexibility index (Phi) is 12.5. The third-order valence-electron chi connectivity index (χ3n) is 9.34. The largest absolute Gasteiger partial charge is 0 e. The van der Waals surface area contributed by atoms with Crippen LogP contribution in [0.25, 0.3) is 55.8 Å². The summed E-state index contributed by atoms with van der Waals surface area (Å²) in [6, 6.07) is 39.6. The van der Waals surface area contributed by atoms with Gasteiger partial charge in [-0.1, -0.05) is 68.1 Å². The quantitative estimate of drug-likeness (QED) is 0.113. The van der Waals surface area contributed by atoms with Crippen molar-refractivity contribution in [2.75, 3.05) is 0 Å². The molecule has 0 fully saturated rings. The average Bonchev–Trinajstić information content (AvgIpc) is 3.49. The first-order valence-electron chi connectivity index (χ1n) is 17.7. The van der Waals surface area contributed by atoms with Crippen LogP contribution in [-0.2, 0) is 26.5 Å². The average molecular weight is 911 g/mol. The van der Waals surface area contributed by atoms with Gasteiger partial charge in [-0.25, -0.2) is 4.98 Å². The van der Waals surface area contributed by atoms with E-state index in [4.69, 9.17) is 14.4 Å². The van der Waals surface area contributed by atoms with Crippen LogP contribution in [0.15, 0.2) is 114 Å². The molecule has 3 aromatic carbocycles. The molecule has 0 aliphatic rings. The van der Waals surface area contributed by atoms with Crippen LogP contribution in [-0.4, -0.2) is 28.2 Å². The summed E-state index contributed by atoms with van der Waals surface area (Å²) in [6.07, 6.45) is 5.16. The summed E-state index contributed by atoms with van der Waals surface area (Å²) in [7, 11) is 0. The smallest absolute Gasteiger partial charge is 0 e. The predicted molar refractivity (Wildman–Crippen MR) is 212 cm³/mol. The monoisotopic (exact) mass is 912 g/mol. The Morgan fingerprint density at radius 1 is 0.725 bits per heavy atom. The van der Waals surface area contributed by atoms with Crippen LogP contribution < -0.4 is 4.40 Å². The van der Waals surface area contributed by atoms with E-state index in [0.717, 1.165) is 56.5 Å². The van der Waals surface area contributed by atoms with Crippen molar-refractivity contribution in [2.45, 2.75) is 64.2 Å². The topological polar surface area (TPSA) is 51.8 Å². The second kappa shape index (κ2) is 16.6. The minimum atomic E-state index is -1.86. The summed E-state index contributed by atoms with van der Waals surface area (Å²) in [4.78, 5) is 14.0. The summed E-state index contributed by atoms with van der Waals surface area (Å²) in [5.41, 5.74) is 10.3. The Bertz CT molecular complexity index is 2210. The van der Waals surface area contributed by atoms with Gasteiger partial charge in [-0.3, -0.25) is 0 Å². The molecule has 6 heteroatoms.